The smallest absolute Gasteiger partial charge is 0.338 e. The summed E-state index contributed by atoms with van der Waals surface area (Å²) in [5.41, 5.74) is 3.00. The van der Waals surface area contributed by atoms with Crippen LogP contribution in [0, 0.1) is 6.92 Å². The average molecular weight is 197 g/mol. The largest absolute Gasteiger partial charge is 0.342 e. The van der Waals surface area contributed by atoms with Crippen molar-refractivity contribution in [2.45, 2.75) is 20.8 Å². The zero-order valence-corrected chi connectivity index (χ0v) is 8.16. The fourth-order valence-corrected chi connectivity index (χ4v) is 0.642. The molecule has 0 atom stereocenters. The van der Waals surface area contributed by atoms with Gasteiger partial charge in [-0.3, -0.25) is 5.32 Å². The van der Waals surface area contributed by atoms with Crippen molar-refractivity contribution in [3.8, 4) is 0 Å². The van der Waals surface area contributed by atoms with Crippen molar-refractivity contribution in [2.75, 3.05) is 5.32 Å². The van der Waals surface area contributed by atoms with E-state index >= 15 is 0 Å². The molecule has 0 aliphatic heterocycles. The van der Waals surface area contributed by atoms with E-state index in [0.717, 1.165) is 5.71 Å². The predicted molar refractivity (Wildman–Crippen MR) is 50.0 cm³/mol. The highest BCUT2D eigenvalue weighted by atomic mass is 16.5. The summed E-state index contributed by atoms with van der Waals surface area (Å²) >= 11 is 0. The summed E-state index contributed by atoms with van der Waals surface area (Å²) < 4.78 is 4.65. The number of anilines is 1. The van der Waals surface area contributed by atoms with Crippen LogP contribution in [0.2, 0.25) is 0 Å². The van der Waals surface area contributed by atoms with Crippen LogP contribution in [-0.2, 0) is 0 Å². The van der Waals surface area contributed by atoms with Gasteiger partial charge < -0.3 is 4.52 Å². The molecule has 0 saturated heterocycles. The standard InChI is InChI=1S/C7H11N5O2/c1-4(2)10-11-7(13)9-6-8-5(3)14-12-6/h1-3H3,(H2,9,11,12,13). The van der Waals surface area contributed by atoms with E-state index in [-0.39, 0.29) is 5.95 Å². The zero-order chi connectivity index (χ0) is 10.6. The van der Waals surface area contributed by atoms with Crippen LogP contribution in [0.25, 0.3) is 0 Å². The minimum Gasteiger partial charge on any atom is -0.338 e. The lowest BCUT2D eigenvalue weighted by atomic mass is 10.5. The number of aryl methyl sites for hydroxylation is 1. The minimum absolute atomic E-state index is 0.115. The third-order valence-electron chi connectivity index (χ3n) is 1.13. The highest BCUT2D eigenvalue weighted by Gasteiger charge is 2.05. The quantitative estimate of drug-likeness (QED) is 0.544. The Morgan fingerprint density at radius 1 is 1.50 bits per heavy atom. The van der Waals surface area contributed by atoms with Crippen molar-refractivity contribution in [3.05, 3.63) is 5.89 Å². The topological polar surface area (TPSA) is 92.4 Å². The van der Waals surface area contributed by atoms with Crippen molar-refractivity contribution >= 4 is 17.7 Å². The highest BCUT2D eigenvalue weighted by molar-refractivity contribution is 5.88. The number of hydrogen-bond acceptors (Lipinski definition) is 5. The van der Waals surface area contributed by atoms with Gasteiger partial charge in [0.15, 0.2) is 0 Å². The van der Waals surface area contributed by atoms with Crippen LogP contribution in [0.4, 0.5) is 10.7 Å². The first kappa shape index (κ1) is 10.2. The number of carbonyl (C=O) groups is 1. The summed E-state index contributed by atoms with van der Waals surface area (Å²) in [4.78, 5) is 14.9. The second-order valence-electron chi connectivity index (χ2n) is 2.76. The monoisotopic (exact) mass is 197 g/mol. The van der Waals surface area contributed by atoms with Crippen LogP contribution in [0.15, 0.2) is 9.62 Å². The normalized spacial score (nSPS) is 9.36. The summed E-state index contributed by atoms with van der Waals surface area (Å²) in [6, 6.07) is -0.507. The fraction of sp³-hybridized carbons (Fsp3) is 0.429. The summed E-state index contributed by atoms with van der Waals surface area (Å²) in [5.74, 6) is 0.499. The molecule has 1 aromatic rings. The molecule has 0 bridgehead atoms. The van der Waals surface area contributed by atoms with E-state index in [1.54, 1.807) is 20.8 Å². The number of urea groups is 1. The van der Waals surface area contributed by atoms with Crippen molar-refractivity contribution in [1.82, 2.24) is 15.6 Å². The Morgan fingerprint density at radius 2 is 2.21 bits per heavy atom. The van der Waals surface area contributed by atoms with Gasteiger partial charge in [0.2, 0.25) is 5.89 Å². The van der Waals surface area contributed by atoms with E-state index in [4.69, 9.17) is 0 Å². The van der Waals surface area contributed by atoms with Crippen molar-refractivity contribution < 1.29 is 9.32 Å². The number of carbonyl (C=O) groups excluding carboxylic acids is 1. The molecule has 0 aromatic carbocycles. The number of nitrogens with zero attached hydrogens (tertiary/aromatic N) is 3. The number of hydrazone groups is 1. The minimum atomic E-state index is -0.507. The van der Waals surface area contributed by atoms with Crippen LogP contribution in [0.5, 0.6) is 0 Å². The van der Waals surface area contributed by atoms with Crippen LogP contribution < -0.4 is 10.7 Å². The molecule has 14 heavy (non-hydrogen) atoms. The van der Waals surface area contributed by atoms with Crippen LogP contribution in [-0.4, -0.2) is 21.9 Å². The molecule has 76 valence electrons. The Morgan fingerprint density at radius 3 is 2.71 bits per heavy atom. The van der Waals surface area contributed by atoms with E-state index in [2.05, 4.69) is 30.5 Å². The van der Waals surface area contributed by atoms with Crippen LogP contribution in [0.1, 0.15) is 19.7 Å². The van der Waals surface area contributed by atoms with E-state index < -0.39 is 6.03 Å². The van der Waals surface area contributed by atoms with Gasteiger partial charge >= 0.3 is 6.03 Å². The molecular formula is C7H11N5O2. The van der Waals surface area contributed by atoms with Gasteiger partial charge in [-0.2, -0.15) is 10.1 Å². The van der Waals surface area contributed by atoms with Gasteiger partial charge in [0.1, 0.15) is 0 Å². The first-order valence-electron chi connectivity index (χ1n) is 3.96. The number of nitrogens with one attached hydrogen (secondary N) is 2. The van der Waals surface area contributed by atoms with Gasteiger partial charge in [-0.25, -0.2) is 10.2 Å². The Hall–Kier alpha value is -1.92. The number of hydrogen-bond donors (Lipinski definition) is 2. The van der Waals surface area contributed by atoms with E-state index in [1.165, 1.54) is 0 Å². The number of rotatable bonds is 2. The molecule has 0 aliphatic rings. The second-order valence-corrected chi connectivity index (χ2v) is 2.76. The molecule has 0 fully saturated rings. The molecule has 1 heterocycles. The molecule has 1 aromatic heterocycles. The van der Waals surface area contributed by atoms with Gasteiger partial charge in [0.25, 0.3) is 5.95 Å². The summed E-state index contributed by atoms with van der Waals surface area (Å²) in [6.07, 6.45) is 0. The van der Waals surface area contributed by atoms with E-state index in [9.17, 15) is 4.79 Å². The first-order valence-corrected chi connectivity index (χ1v) is 3.96. The molecule has 1 rings (SSSR count). The Bertz CT molecular complexity index is 353. The maximum Gasteiger partial charge on any atom is 0.342 e. The fourth-order valence-electron chi connectivity index (χ4n) is 0.642. The third-order valence-corrected chi connectivity index (χ3v) is 1.13. The SMILES string of the molecule is CC(C)=NNC(=O)Nc1noc(C)n1. The van der Waals surface area contributed by atoms with Crippen molar-refractivity contribution in [3.63, 3.8) is 0 Å². The number of aromatic nitrogens is 2. The highest BCUT2D eigenvalue weighted by Crippen LogP contribution is 1.99. The lowest BCUT2D eigenvalue weighted by Crippen LogP contribution is -2.25. The summed E-state index contributed by atoms with van der Waals surface area (Å²) in [5, 5.41) is 9.52. The van der Waals surface area contributed by atoms with Crippen LogP contribution >= 0.6 is 0 Å². The molecule has 0 spiro atoms. The Kier molecular flexibility index (Phi) is 3.16. The van der Waals surface area contributed by atoms with Gasteiger partial charge in [-0.05, 0) is 19.0 Å². The maximum atomic E-state index is 11.1. The third kappa shape index (κ3) is 3.21. The first-order chi connectivity index (χ1) is 6.58. The molecule has 0 aliphatic carbocycles. The summed E-state index contributed by atoms with van der Waals surface area (Å²) in [6.45, 7) is 5.15. The zero-order valence-electron chi connectivity index (χ0n) is 8.16. The maximum absolute atomic E-state index is 11.1. The van der Waals surface area contributed by atoms with Crippen molar-refractivity contribution in [2.24, 2.45) is 5.10 Å². The molecule has 0 radical (unpaired) electrons. The van der Waals surface area contributed by atoms with Gasteiger partial charge in [-0.1, -0.05) is 0 Å². The molecular weight excluding hydrogens is 186 g/mol. The average Bonchev–Trinajstić information content (AvgIpc) is 2.48. The Labute approximate surface area is 80.6 Å². The lowest BCUT2D eigenvalue weighted by Gasteiger charge is -1.98. The molecule has 7 heteroatoms. The van der Waals surface area contributed by atoms with E-state index in [0.29, 0.717) is 5.89 Å². The summed E-state index contributed by atoms with van der Waals surface area (Å²) in [7, 11) is 0. The Balaban J connectivity index is 2.45. The van der Waals surface area contributed by atoms with Crippen molar-refractivity contribution in [1.29, 1.82) is 0 Å². The predicted octanol–water partition coefficient (Wildman–Crippen LogP) is 0.895. The van der Waals surface area contributed by atoms with Gasteiger partial charge in [-0.15, -0.1) is 0 Å². The second kappa shape index (κ2) is 4.35. The molecule has 7 nitrogen and oxygen atoms in total. The molecule has 2 amide bonds. The molecule has 0 saturated carbocycles. The lowest BCUT2D eigenvalue weighted by molar-refractivity contribution is 0.252. The van der Waals surface area contributed by atoms with Gasteiger partial charge in [0, 0.05) is 12.6 Å². The molecule has 0 unspecified atom stereocenters. The molecule has 2 N–H and O–H groups in total. The van der Waals surface area contributed by atoms with Crippen LogP contribution in [0.3, 0.4) is 0 Å². The van der Waals surface area contributed by atoms with Gasteiger partial charge in [0.05, 0.1) is 0 Å². The van der Waals surface area contributed by atoms with E-state index in [1.807, 2.05) is 0 Å². The number of amides is 2.